The summed E-state index contributed by atoms with van der Waals surface area (Å²) < 4.78 is 42.5. The first kappa shape index (κ1) is 30.7. The molecule has 4 aromatic rings. The van der Waals surface area contributed by atoms with Crippen LogP contribution in [0.5, 0.6) is 0 Å². The van der Waals surface area contributed by atoms with Gasteiger partial charge in [-0.2, -0.15) is 0 Å². The van der Waals surface area contributed by atoms with Gasteiger partial charge < -0.3 is 10.2 Å². The molecule has 1 unspecified atom stereocenters. The molecule has 0 aromatic heterocycles. The molecule has 0 heterocycles. The summed E-state index contributed by atoms with van der Waals surface area (Å²) in [5.74, 6) is -1.44. The van der Waals surface area contributed by atoms with E-state index in [1.807, 2.05) is 30.3 Å². The highest BCUT2D eigenvalue weighted by molar-refractivity contribution is 7.92. The molecule has 42 heavy (non-hydrogen) atoms. The van der Waals surface area contributed by atoms with Crippen molar-refractivity contribution in [2.75, 3.05) is 17.4 Å². The molecule has 0 aliphatic carbocycles. The summed E-state index contributed by atoms with van der Waals surface area (Å²) in [4.78, 5) is 29.0. The molecule has 7 nitrogen and oxygen atoms in total. The maximum absolute atomic E-state index is 14.2. The fraction of sp³-hybridized carbons (Fsp3) is 0.188. The number of amides is 2. The molecule has 0 fully saturated rings. The molecule has 1 N–H and O–H groups in total. The Kier molecular flexibility index (Phi) is 10.3. The smallest absolute Gasteiger partial charge is 0.264 e. The Labute approximate surface area is 250 Å². The standard InChI is InChI=1S/C32H31ClFN3O4S/c1-2-35-32(39)30(21-24-9-5-3-6-10-24)36(22-25-13-17-27(34)18-14-25)31(38)23-37(28-19-15-26(33)16-20-28)42(40,41)29-11-7-4-8-12-29/h3-20,30H,2,21-23H2,1H3,(H,35,39). The zero-order valence-corrected chi connectivity index (χ0v) is 24.6. The number of sulfonamides is 1. The number of nitrogens with one attached hydrogen (secondary N) is 1. The van der Waals surface area contributed by atoms with Crippen LogP contribution in [-0.2, 0) is 32.6 Å². The van der Waals surface area contributed by atoms with Gasteiger partial charge in [0.1, 0.15) is 18.4 Å². The predicted molar refractivity (Wildman–Crippen MR) is 162 cm³/mol. The largest absolute Gasteiger partial charge is 0.355 e. The molecule has 0 bridgehead atoms. The Bertz CT molecular complexity index is 1590. The van der Waals surface area contributed by atoms with E-state index in [1.165, 1.54) is 65.6 Å². The molecule has 218 valence electrons. The van der Waals surface area contributed by atoms with E-state index in [9.17, 15) is 22.4 Å². The van der Waals surface area contributed by atoms with Gasteiger partial charge in [0.2, 0.25) is 11.8 Å². The van der Waals surface area contributed by atoms with E-state index in [0.717, 1.165) is 9.87 Å². The number of nitrogens with zero attached hydrogens (tertiary/aromatic N) is 2. The first-order valence-electron chi connectivity index (χ1n) is 13.4. The maximum Gasteiger partial charge on any atom is 0.264 e. The molecule has 0 spiro atoms. The summed E-state index contributed by atoms with van der Waals surface area (Å²) in [5.41, 5.74) is 1.63. The predicted octanol–water partition coefficient (Wildman–Crippen LogP) is 5.45. The maximum atomic E-state index is 14.2. The van der Waals surface area contributed by atoms with E-state index in [2.05, 4.69) is 5.32 Å². The van der Waals surface area contributed by atoms with Gasteiger partial charge in [-0.3, -0.25) is 13.9 Å². The molecule has 0 saturated carbocycles. The quantitative estimate of drug-likeness (QED) is 0.232. The van der Waals surface area contributed by atoms with E-state index in [0.29, 0.717) is 17.1 Å². The van der Waals surface area contributed by atoms with Gasteiger partial charge in [-0.1, -0.05) is 72.3 Å². The van der Waals surface area contributed by atoms with Crippen LogP contribution in [0.2, 0.25) is 5.02 Å². The Morgan fingerprint density at radius 2 is 1.43 bits per heavy atom. The minimum Gasteiger partial charge on any atom is -0.355 e. The Hall–Kier alpha value is -4.21. The number of carbonyl (C=O) groups is 2. The normalized spacial score (nSPS) is 11.9. The first-order valence-corrected chi connectivity index (χ1v) is 15.2. The molecule has 4 aromatic carbocycles. The topological polar surface area (TPSA) is 86.8 Å². The van der Waals surface area contributed by atoms with E-state index in [1.54, 1.807) is 25.1 Å². The summed E-state index contributed by atoms with van der Waals surface area (Å²) >= 11 is 6.07. The van der Waals surface area contributed by atoms with Crippen LogP contribution in [0, 0.1) is 5.82 Å². The summed E-state index contributed by atoms with van der Waals surface area (Å²) in [6, 6.07) is 27.8. The number of rotatable bonds is 12. The van der Waals surface area contributed by atoms with E-state index in [-0.39, 0.29) is 29.5 Å². The monoisotopic (exact) mass is 607 g/mol. The highest BCUT2D eigenvalue weighted by Gasteiger charge is 2.34. The third-order valence-electron chi connectivity index (χ3n) is 6.61. The second kappa shape index (κ2) is 14.1. The SMILES string of the molecule is CCNC(=O)C(Cc1ccccc1)N(Cc1ccc(F)cc1)C(=O)CN(c1ccc(Cl)cc1)S(=O)(=O)c1ccccc1. The molecule has 0 aliphatic rings. The van der Waals surface area contributed by atoms with Crippen molar-refractivity contribution >= 4 is 39.1 Å². The van der Waals surface area contributed by atoms with E-state index in [4.69, 9.17) is 11.6 Å². The Morgan fingerprint density at radius 3 is 2.02 bits per heavy atom. The number of carbonyl (C=O) groups excluding carboxylic acids is 2. The van der Waals surface area contributed by atoms with E-state index >= 15 is 0 Å². The van der Waals surface area contributed by atoms with Crippen molar-refractivity contribution in [2.24, 2.45) is 0 Å². The van der Waals surface area contributed by atoms with E-state index < -0.39 is 34.3 Å². The van der Waals surface area contributed by atoms with Crippen LogP contribution in [0.1, 0.15) is 18.1 Å². The Morgan fingerprint density at radius 1 is 0.833 bits per heavy atom. The van der Waals surface area contributed by atoms with Crippen molar-refractivity contribution in [3.05, 3.63) is 131 Å². The number of likely N-dealkylation sites (N-methyl/N-ethyl adjacent to an activating group) is 1. The van der Waals surface area contributed by atoms with Crippen LogP contribution >= 0.6 is 11.6 Å². The summed E-state index contributed by atoms with van der Waals surface area (Å²) in [5, 5.41) is 3.21. The zero-order chi connectivity index (χ0) is 30.1. The molecular formula is C32H31ClFN3O4S. The molecule has 0 saturated heterocycles. The third kappa shape index (κ3) is 7.74. The number of hydrogen-bond donors (Lipinski definition) is 1. The van der Waals surface area contributed by atoms with Crippen molar-refractivity contribution in [2.45, 2.75) is 30.8 Å². The molecule has 0 radical (unpaired) electrons. The van der Waals surface area contributed by atoms with Crippen molar-refractivity contribution in [3.8, 4) is 0 Å². The second-order valence-electron chi connectivity index (χ2n) is 9.55. The Balaban J connectivity index is 1.78. The third-order valence-corrected chi connectivity index (χ3v) is 8.65. The van der Waals surface area contributed by atoms with Crippen molar-refractivity contribution < 1.29 is 22.4 Å². The van der Waals surface area contributed by atoms with Crippen LogP contribution < -0.4 is 9.62 Å². The molecule has 2 amide bonds. The first-order chi connectivity index (χ1) is 20.2. The average molecular weight is 608 g/mol. The lowest BCUT2D eigenvalue weighted by atomic mass is 10.0. The fourth-order valence-electron chi connectivity index (χ4n) is 4.49. The van der Waals surface area contributed by atoms with Crippen LogP contribution in [0.3, 0.4) is 0 Å². The van der Waals surface area contributed by atoms with Crippen molar-refractivity contribution in [1.82, 2.24) is 10.2 Å². The van der Waals surface area contributed by atoms with Crippen LogP contribution in [-0.4, -0.2) is 44.3 Å². The van der Waals surface area contributed by atoms with Gasteiger partial charge in [-0.15, -0.1) is 0 Å². The van der Waals surface area contributed by atoms with Crippen molar-refractivity contribution in [3.63, 3.8) is 0 Å². The summed E-state index contributed by atoms with van der Waals surface area (Å²) in [6.45, 7) is 1.47. The van der Waals surface area contributed by atoms with Gasteiger partial charge >= 0.3 is 0 Å². The number of halogens is 2. The average Bonchev–Trinajstić information content (AvgIpc) is 3.00. The molecule has 1 atom stereocenters. The van der Waals surface area contributed by atoms with Gasteiger partial charge in [0.25, 0.3) is 10.0 Å². The lowest BCUT2D eigenvalue weighted by Gasteiger charge is -2.33. The minimum absolute atomic E-state index is 0.00222. The number of hydrogen-bond acceptors (Lipinski definition) is 4. The summed E-state index contributed by atoms with van der Waals surface area (Å²) in [6.07, 6.45) is 0.186. The molecular weight excluding hydrogens is 577 g/mol. The number of benzene rings is 4. The zero-order valence-electron chi connectivity index (χ0n) is 23.0. The van der Waals surface area contributed by atoms with Crippen molar-refractivity contribution in [1.29, 1.82) is 0 Å². The lowest BCUT2D eigenvalue weighted by molar-refractivity contribution is -0.140. The van der Waals surface area contributed by atoms with Gasteiger partial charge in [-0.25, -0.2) is 12.8 Å². The lowest BCUT2D eigenvalue weighted by Crippen LogP contribution is -2.53. The molecule has 4 rings (SSSR count). The van der Waals surface area contributed by atoms with Crippen LogP contribution in [0.4, 0.5) is 10.1 Å². The second-order valence-corrected chi connectivity index (χ2v) is 11.8. The highest BCUT2D eigenvalue weighted by atomic mass is 35.5. The highest BCUT2D eigenvalue weighted by Crippen LogP contribution is 2.26. The molecule has 0 aliphatic heterocycles. The minimum atomic E-state index is -4.20. The summed E-state index contributed by atoms with van der Waals surface area (Å²) in [7, 11) is -4.20. The van der Waals surface area contributed by atoms with Gasteiger partial charge in [0, 0.05) is 24.5 Å². The van der Waals surface area contributed by atoms with Gasteiger partial charge in [0.15, 0.2) is 0 Å². The molecule has 10 heteroatoms. The van der Waals surface area contributed by atoms with Gasteiger partial charge in [0.05, 0.1) is 10.6 Å². The fourth-order valence-corrected chi connectivity index (χ4v) is 6.05. The van der Waals surface area contributed by atoms with Crippen LogP contribution in [0.25, 0.3) is 0 Å². The number of anilines is 1. The van der Waals surface area contributed by atoms with Crippen LogP contribution in [0.15, 0.2) is 114 Å². The van der Waals surface area contributed by atoms with Gasteiger partial charge in [-0.05, 0) is 66.6 Å².